The molecule has 2 saturated heterocycles. The Morgan fingerprint density at radius 1 is 1.20 bits per heavy atom. The summed E-state index contributed by atoms with van der Waals surface area (Å²) in [6, 6.07) is 11.1. The smallest absolute Gasteiger partial charge is 0.410 e. The molecule has 8 heteroatoms. The number of nitrogens with zero attached hydrogens (tertiary/aromatic N) is 3. The zero-order valence-electron chi connectivity index (χ0n) is 16.2. The summed E-state index contributed by atoms with van der Waals surface area (Å²) >= 11 is 5.94. The number of rotatable bonds is 4. The van der Waals surface area contributed by atoms with Gasteiger partial charge in [0.05, 0.1) is 29.7 Å². The van der Waals surface area contributed by atoms with Crippen molar-refractivity contribution in [3.63, 3.8) is 0 Å². The SMILES string of the molecule is O=C1OC[C@@H]2C[C@@H](Oc3cnc4ccn(Cc5ccc(Cl)cc5)c(=O)c4c3)CCN12. The first-order valence-corrected chi connectivity index (χ1v) is 10.3. The van der Waals surface area contributed by atoms with Gasteiger partial charge in [-0.05, 0) is 29.8 Å². The van der Waals surface area contributed by atoms with Crippen molar-refractivity contribution in [1.82, 2.24) is 14.5 Å². The van der Waals surface area contributed by atoms with Crippen molar-refractivity contribution in [1.29, 1.82) is 0 Å². The van der Waals surface area contributed by atoms with E-state index in [0.29, 0.717) is 47.8 Å². The quantitative estimate of drug-likeness (QED) is 0.640. The maximum atomic E-state index is 13.0. The number of piperidine rings is 1. The maximum Gasteiger partial charge on any atom is 0.410 e. The number of aromatic nitrogens is 2. The van der Waals surface area contributed by atoms with E-state index in [1.807, 2.05) is 30.3 Å². The molecule has 7 nitrogen and oxygen atoms in total. The largest absolute Gasteiger partial charge is 0.489 e. The van der Waals surface area contributed by atoms with Crippen molar-refractivity contribution in [3.05, 3.63) is 69.7 Å². The van der Waals surface area contributed by atoms with Crippen molar-refractivity contribution >= 4 is 28.6 Å². The lowest BCUT2D eigenvalue weighted by Gasteiger charge is -2.32. The van der Waals surface area contributed by atoms with Crippen LogP contribution in [0.5, 0.6) is 5.75 Å². The van der Waals surface area contributed by atoms with Crippen LogP contribution in [0.15, 0.2) is 53.6 Å². The fourth-order valence-electron chi connectivity index (χ4n) is 4.08. The number of carbonyl (C=O) groups is 1. The highest BCUT2D eigenvalue weighted by molar-refractivity contribution is 6.30. The van der Waals surface area contributed by atoms with Crippen molar-refractivity contribution in [2.45, 2.75) is 31.5 Å². The van der Waals surface area contributed by atoms with Crippen LogP contribution >= 0.6 is 11.6 Å². The molecule has 2 aliphatic heterocycles. The lowest BCUT2D eigenvalue weighted by Crippen LogP contribution is -2.44. The highest BCUT2D eigenvalue weighted by atomic mass is 35.5. The zero-order chi connectivity index (χ0) is 20.7. The first-order chi connectivity index (χ1) is 14.6. The minimum atomic E-state index is -0.243. The molecule has 2 aromatic heterocycles. The van der Waals surface area contributed by atoms with Gasteiger partial charge in [0, 0.05) is 30.6 Å². The Balaban J connectivity index is 1.37. The second-order valence-corrected chi connectivity index (χ2v) is 8.10. The van der Waals surface area contributed by atoms with E-state index in [0.717, 1.165) is 12.0 Å². The van der Waals surface area contributed by atoms with E-state index in [2.05, 4.69) is 4.98 Å². The molecule has 2 atom stereocenters. The number of benzene rings is 1. The van der Waals surface area contributed by atoms with Gasteiger partial charge in [0.15, 0.2) is 0 Å². The van der Waals surface area contributed by atoms with Crippen molar-refractivity contribution in [2.24, 2.45) is 0 Å². The van der Waals surface area contributed by atoms with Crippen LogP contribution < -0.4 is 10.3 Å². The van der Waals surface area contributed by atoms with Crippen LogP contribution in [0.3, 0.4) is 0 Å². The Kier molecular flexibility index (Phi) is 4.83. The molecule has 0 radical (unpaired) electrons. The molecule has 4 heterocycles. The molecule has 154 valence electrons. The molecule has 2 fully saturated rings. The fraction of sp³-hybridized carbons (Fsp3) is 0.318. The molecule has 0 aliphatic carbocycles. The monoisotopic (exact) mass is 425 g/mol. The zero-order valence-corrected chi connectivity index (χ0v) is 16.9. The van der Waals surface area contributed by atoms with Gasteiger partial charge in [-0.3, -0.25) is 9.78 Å². The Labute approximate surface area is 177 Å². The lowest BCUT2D eigenvalue weighted by molar-refractivity contribution is 0.0934. The predicted molar refractivity (Wildman–Crippen MR) is 112 cm³/mol. The number of fused-ring (bicyclic) bond motifs is 2. The summed E-state index contributed by atoms with van der Waals surface area (Å²) < 4.78 is 12.9. The van der Waals surface area contributed by atoms with E-state index in [9.17, 15) is 9.59 Å². The van der Waals surface area contributed by atoms with Gasteiger partial charge in [-0.25, -0.2) is 4.79 Å². The second-order valence-electron chi connectivity index (χ2n) is 7.67. The Bertz CT molecular complexity index is 1160. The van der Waals surface area contributed by atoms with Gasteiger partial charge in [0.25, 0.3) is 5.56 Å². The van der Waals surface area contributed by atoms with Crippen LogP contribution in [0.25, 0.3) is 10.9 Å². The normalized spacial score (nSPS) is 20.8. The Morgan fingerprint density at radius 3 is 2.87 bits per heavy atom. The van der Waals surface area contributed by atoms with Crippen LogP contribution in [-0.2, 0) is 11.3 Å². The Hall–Kier alpha value is -3.06. The molecule has 3 aromatic rings. The van der Waals surface area contributed by atoms with Gasteiger partial charge in [-0.2, -0.15) is 0 Å². The number of ether oxygens (including phenoxy) is 2. The third-order valence-electron chi connectivity index (χ3n) is 5.67. The molecule has 1 aromatic carbocycles. The van der Waals surface area contributed by atoms with Crippen LogP contribution in [0.4, 0.5) is 4.79 Å². The van der Waals surface area contributed by atoms with E-state index >= 15 is 0 Å². The summed E-state index contributed by atoms with van der Waals surface area (Å²) in [5.74, 6) is 0.563. The summed E-state index contributed by atoms with van der Waals surface area (Å²) in [4.78, 5) is 30.8. The van der Waals surface area contributed by atoms with Gasteiger partial charge in [-0.1, -0.05) is 23.7 Å². The molecule has 0 bridgehead atoms. The van der Waals surface area contributed by atoms with Crippen LogP contribution in [0.2, 0.25) is 5.02 Å². The average Bonchev–Trinajstić information content (AvgIpc) is 3.12. The number of cyclic esters (lactones) is 1. The molecule has 30 heavy (non-hydrogen) atoms. The van der Waals surface area contributed by atoms with E-state index in [1.165, 1.54) is 0 Å². The number of pyridine rings is 2. The number of hydrogen-bond acceptors (Lipinski definition) is 5. The summed E-state index contributed by atoms with van der Waals surface area (Å²) in [6.45, 7) is 1.47. The van der Waals surface area contributed by atoms with E-state index in [1.54, 1.807) is 27.9 Å². The number of carbonyl (C=O) groups excluding carboxylic acids is 1. The molecule has 0 N–H and O–H groups in total. The standard InChI is InChI=1S/C22H20ClN3O4/c23-15-3-1-14(2-4-15)12-25-7-6-20-19(21(25)27)10-18(11-24-20)30-17-5-8-26-16(9-17)13-29-22(26)28/h1-4,6-7,10-11,16-17H,5,8-9,12-13H2/t16-,17-/m0/s1. The summed E-state index contributed by atoms with van der Waals surface area (Å²) in [6.07, 6.45) is 4.54. The summed E-state index contributed by atoms with van der Waals surface area (Å²) in [5, 5.41) is 1.18. The highest BCUT2D eigenvalue weighted by Crippen LogP contribution is 2.27. The third-order valence-corrected chi connectivity index (χ3v) is 5.92. The summed E-state index contributed by atoms with van der Waals surface area (Å²) in [7, 11) is 0. The molecule has 0 saturated carbocycles. The minimum Gasteiger partial charge on any atom is -0.489 e. The molecule has 0 unspecified atom stereocenters. The first kappa shape index (κ1) is 18.9. The Morgan fingerprint density at radius 2 is 2.03 bits per heavy atom. The van der Waals surface area contributed by atoms with E-state index in [4.69, 9.17) is 21.1 Å². The molecule has 0 spiro atoms. The molecular formula is C22H20ClN3O4. The number of halogens is 1. The number of amides is 1. The lowest BCUT2D eigenvalue weighted by atomic mass is 10.0. The average molecular weight is 426 g/mol. The molecular weight excluding hydrogens is 406 g/mol. The molecule has 1 amide bonds. The maximum absolute atomic E-state index is 13.0. The minimum absolute atomic E-state index is 0.0417. The van der Waals surface area contributed by atoms with Crippen LogP contribution in [0, 0.1) is 0 Å². The first-order valence-electron chi connectivity index (χ1n) is 9.90. The van der Waals surface area contributed by atoms with Crippen LogP contribution in [0.1, 0.15) is 18.4 Å². The van der Waals surface area contributed by atoms with Crippen molar-refractivity contribution in [3.8, 4) is 5.75 Å². The van der Waals surface area contributed by atoms with Crippen LogP contribution in [-0.4, -0.2) is 45.8 Å². The summed E-state index contributed by atoms with van der Waals surface area (Å²) in [5.41, 5.74) is 1.50. The van der Waals surface area contributed by atoms with Gasteiger partial charge < -0.3 is 18.9 Å². The topological polar surface area (TPSA) is 73.7 Å². The second kappa shape index (κ2) is 7.65. The van der Waals surface area contributed by atoms with Gasteiger partial charge >= 0.3 is 6.09 Å². The molecule has 2 aliphatic rings. The fourth-order valence-corrected chi connectivity index (χ4v) is 4.21. The van der Waals surface area contributed by atoms with Gasteiger partial charge in [0.2, 0.25) is 0 Å². The number of hydrogen-bond donors (Lipinski definition) is 0. The predicted octanol–water partition coefficient (Wildman–Crippen LogP) is 3.46. The van der Waals surface area contributed by atoms with Crippen molar-refractivity contribution < 1.29 is 14.3 Å². The highest BCUT2D eigenvalue weighted by Gasteiger charge is 2.38. The molecule has 5 rings (SSSR count). The van der Waals surface area contributed by atoms with Gasteiger partial charge in [-0.15, -0.1) is 0 Å². The van der Waals surface area contributed by atoms with Gasteiger partial charge in [0.1, 0.15) is 18.5 Å². The van der Waals surface area contributed by atoms with E-state index in [-0.39, 0.29) is 23.8 Å². The third kappa shape index (κ3) is 3.61. The van der Waals surface area contributed by atoms with Crippen molar-refractivity contribution in [2.75, 3.05) is 13.2 Å². The van der Waals surface area contributed by atoms with E-state index < -0.39 is 0 Å².